The summed E-state index contributed by atoms with van der Waals surface area (Å²) < 4.78 is 17.9. The molecule has 1 saturated heterocycles. The third-order valence-corrected chi connectivity index (χ3v) is 6.65. The van der Waals surface area contributed by atoms with Gasteiger partial charge in [-0.05, 0) is 49.1 Å². The number of nitrogens with one attached hydrogen (secondary N) is 3. The van der Waals surface area contributed by atoms with E-state index in [2.05, 4.69) is 40.9 Å². The van der Waals surface area contributed by atoms with Crippen LogP contribution in [0.2, 0.25) is 0 Å². The first-order valence-corrected chi connectivity index (χ1v) is 12.6. The van der Waals surface area contributed by atoms with E-state index in [4.69, 9.17) is 9.57 Å². The first-order valence-electron chi connectivity index (χ1n) is 12.6. The van der Waals surface area contributed by atoms with Gasteiger partial charge < -0.3 is 30.4 Å². The van der Waals surface area contributed by atoms with Crippen molar-refractivity contribution in [2.24, 2.45) is 0 Å². The first-order chi connectivity index (χ1) is 18.4. The Hall–Kier alpha value is -3.12. The van der Waals surface area contributed by atoms with E-state index >= 15 is 0 Å². The van der Waals surface area contributed by atoms with Crippen molar-refractivity contribution in [1.82, 2.24) is 15.8 Å². The molecule has 0 radical (unpaired) electrons. The molecule has 9 nitrogen and oxygen atoms in total. The Bertz CT molecular complexity index is 1230. The molecule has 3 aromatic rings. The Morgan fingerprint density at radius 2 is 1.82 bits per heavy atom. The van der Waals surface area contributed by atoms with Crippen LogP contribution < -0.4 is 10.8 Å². The minimum absolute atomic E-state index is 0.512. The van der Waals surface area contributed by atoms with Gasteiger partial charge in [0.1, 0.15) is 31.1 Å². The Balaban J connectivity index is 1.17. The summed E-state index contributed by atoms with van der Waals surface area (Å²) in [5, 5.41) is 34.0. The maximum absolute atomic E-state index is 12.9. The van der Waals surface area contributed by atoms with Crippen LogP contribution in [-0.2, 0) is 33.8 Å². The number of aliphatic hydroxyl groups excluding tert-OH is 3. The number of hydrogen-bond acceptors (Lipinski definition) is 7. The molecule has 1 amide bonds. The van der Waals surface area contributed by atoms with Crippen LogP contribution in [0.25, 0.3) is 10.9 Å². The summed E-state index contributed by atoms with van der Waals surface area (Å²) in [5.74, 6) is -0.621. The zero-order chi connectivity index (χ0) is 27.1. The molecular formula is C28H34FN3O6. The van der Waals surface area contributed by atoms with Crippen molar-refractivity contribution >= 4 is 16.8 Å². The fourth-order valence-electron chi connectivity index (χ4n) is 4.49. The highest BCUT2D eigenvalue weighted by Crippen LogP contribution is 2.23. The molecular weight excluding hydrogens is 493 g/mol. The van der Waals surface area contributed by atoms with E-state index in [1.807, 2.05) is 30.3 Å². The van der Waals surface area contributed by atoms with E-state index in [9.17, 15) is 24.5 Å². The molecule has 38 heavy (non-hydrogen) atoms. The molecule has 0 saturated carbocycles. The van der Waals surface area contributed by atoms with E-state index in [1.54, 1.807) is 6.08 Å². The molecule has 204 valence electrons. The number of hydrogen-bond donors (Lipinski definition) is 6. The highest BCUT2D eigenvalue weighted by molar-refractivity contribution is 5.86. The molecule has 0 bridgehead atoms. The summed E-state index contributed by atoms with van der Waals surface area (Å²) in [7, 11) is 0. The van der Waals surface area contributed by atoms with Crippen molar-refractivity contribution in [3.8, 4) is 0 Å². The van der Waals surface area contributed by atoms with Crippen LogP contribution in [0.15, 0.2) is 60.7 Å². The number of benzene rings is 2. The van der Waals surface area contributed by atoms with Gasteiger partial charge in [-0.1, -0.05) is 48.5 Å². The maximum atomic E-state index is 12.9. The van der Waals surface area contributed by atoms with E-state index in [-0.39, 0.29) is 0 Å². The average Bonchev–Trinajstić information content (AvgIpc) is 3.25. The lowest BCUT2D eigenvalue weighted by molar-refractivity contribution is -0.310. The number of fused-ring (bicyclic) bond motifs is 1. The van der Waals surface area contributed by atoms with E-state index in [0.717, 1.165) is 30.6 Å². The fraction of sp³-hybridized carbons (Fsp3) is 0.393. The number of H-pyrrole nitrogens is 1. The van der Waals surface area contributed by atoms with Crippen molar-refractivity contribution in [1.29, 1.82) is 0 Å². The van der Waals surface area contributed by atoms with Crippen molar-refractivity contribution in [2.45, 2.75) is 57.0 Å². The minimum Gasteiger partial charge on any atom is -0.387 e. The molecule has 0 aliphatic carbocycles. The number of hydroxylamine groups is 1. The first kappa shape index (κ1) is 27.9. The van der Waals surface area contributed by atoms with Gasteiger partial charge in [0, 0.05) is 29.2 Å². The maximum Gasteiger partial charge on any atom is 0.267 e. The van der Waals surface area contributed by atoms with Gasteiger partial charge in [0.25, 0.3) is 5.91 Å². The van der Waals surface area contributed by atoms with Crippen molar-refractivity contribution in [3.63, 3.8) is 0 Å². The monoisotopic (exact) mass is 527 g/mol. The summed E-state index contributed by atoms with van der Waals surface area (Å²) >= 11 is 0. The number of aryl methyl sites for hydroxylation is 1. The van der Waals surface area contributed by atoms with Crippen LogP contribution in [0.4, 0.5) is 4.39 Å². The van der Waals surface area contributed by atoms with E-state index < -0.39 is 43.3 Å². The molecule has 2 aromatic carbocycles. The molecule has 0 spiro atoms. The van der Waals surface area contributed by atoms with Crippen LogP contribution in [0.5, 0.6) is 0 Å². The smallest absolute Gasteiger partial charge is 0.267 e. The normalized spacial score (nSPS) is 23.8. The summed E-state index contributed by atoms with van der Waals surface area (Å²) in [6, 6.07) is 16.4. The summed E-state index contributed by atoms with van der Waals surface area (Å²) in [6.45, 7) is 2.63. The number of alkyl halides is 1. The lowest BCUT2D eigenvalue weighted by atomic mass is 10.00. The second-order valence-electron chi connectivity index (χ2n) is 9.38. The number of aliphatic hydroxyl groups is 3. The highest BCUT2D eigenvalue weighted by Gasteiger charge is 2.44. The molecule has 1 aromatic heterocycles. The summed E-state index contributed by atoms with van der Waals surface area (Å²) in [5.41, 5.74) is 7.96. The van der Waals surface area contributed by atoms with Gasteiger partial charge >= 0.3 is 0 Å². The van der Waals surface area contributed by atoms with Gasteiger partial charge in [-0.15, -0.1) is 0 Å². The van der Waals surface area contributed by atoms with Crippen LogP contribution in [0, 0.1) is 6.92 Å². The Morgan fingerprint density at radius 3 is 2.58 bits per heavy atom. The quantitative estimate of drug-likeness (QED) is 0.127. The molecule has 1 unspecified atom stereocenters. The SMILES string of the molecule is Cc1[nH]c2ccccc2c1CCNCc1ccc(C/C=C/C(=O)NOC2O[C@H](CF)[C@H](O)[C@H](O)[C@H]2O)cc1. The number of para-hydroxylation sites is 1. The van der Waals surface area contributed by atoms with E-state index in [1.165, 1.54) is 28.2 Å². The number of ether oxygens (including phenoxy) is 1. The second kappa shape index (κ2) is 13.1. The van der Waals surface area contributed by atoms with Gasteiger partial charge in [0.2, 0.25) is 6.29 Å². The lowest BCUT2D eigenvalue weighted by Crippen LogP contribution is -2.59. The van der Waals surface area contributed by atoms with Crippen LogP contribution in [0.1, 0.15) is 22.4 Å². The largest absolute Gasteiger partial charge is 0.387 e. The lowest BCUT2D eigenvalue weighted by Gasteiger charge is -2.38. The predicted molar refractivity (Wildman–Crippen MR) is 140 cm³/mol. The molecule has 2 heterocycles. The van der Waals surface area contributed by atoms with Crippen LogP contribution in [0.3, 0.4) is 0 Å². The summed E-state index contributed by atoms with van der Waals surface area (Å²) in [4.78, 5) is 20.4. The standard InChI is InChI=1S/C28H34FN3O6/c1-17-20(21-6-2-3-7-22(21)31-17)13-14-30-16-19-11-9-18(10-12-19)5-4-8-24(33)32-38-28-27(36)26(35)25(34)23(15-29)37-28/h2-4,6-12,23,25-28,30-31,34-36H,5,13-16H2,1H3,(H,32,33)/b8-4+/t23-,25+,26+,27-,28?/m1/s1. The molecule has 5 atom stereocenters. The molecule has 1 aliphatic heterocycles. The zero-order valence-electron chi connectivity index (χ0n) is 21.1. The van der Waals surface area contributed by atoms with Crippen LogP contribution in [-0.4, -0.2) is 70.1 Å². The van der Waals surface area contributed by atoms with Gasteiger partial charge in [-0.25, -0.2) is 14.7 Å². The molecule has 4 rings (SSSR count). The van der Waals surface area contributed by atoms with E-state index in [0.29, 0.717) is 6.42 Å². The second-order valence-corrected chi connectivity index (χ2v) is 9.38. The number of carbonyl (C=O) groups excluding carboxylic acids is 1. The number of carbonyl (C=O) groups is 1. The molecule has 1 aliphatic rings. The molecule has 6 N–H and O–H groups in total. The van der Waals surface area contributed by atoms with Gasteiger partial charge in [-0.2, -0.15) is 0 Å². The van der Waals surface area contributed by atoms with Crippen LogP contribution >= 0.6 is 0 Å². The number of aromatic nitrogens is 1. The Labute approximate surface area is 220 Å². The molecule has 1 fully saturated rings. The van der Waals surface area contributed by atoms with Crippen molar-refractivity contribution in [2.75, 3.05) is 13.2 Å². The molecule has 10 heteroatoms. The van der Waals surface area contributed by atoms with Gasteiger partial charge in [0.15, 0.2) is 0 Å². The minimum atomic E-state index is -1.66. The number of rotatable bonds is 11. The average molecular weight is 528 g/mol. The van der Waals surface area contributed by atoms with Gasteiger partial charge in [-0.3, -0.25) is 4.79 Å². The van der Waals surface area contributed by atoms with Crippen molar-refractivity contribution in [3.05, 3.63) is 83.1 Å². The predicted octanol–water partition coefficient (Wildman–Crippen LogP) is 1.73. The van der Waals surface area contributed by atoms with Gasteiger partial charge in [0.05, 0.1) is 0 Å². The summed E-state index contributed by atoms with van der Waals surface area (Å²) in [6.07, 6.45) is -3.43. The highest BCUT2D eigenvalue weighted by atomic mass is 19.1. The van der Waals surface area contributed by atoms with Crippen molar-refractivity contribution < 1.29 is 34.1 Å². The number of aromatic amines is 1. The Kier molecular flexibility index (Phi) is 9.62. The zero-order valence-corrected chi connectivity index (χ0v) is 21.1. The third kappa shape index (κ3) is 6.84. The fourth-order valence-corrected chi connectivity index (χ4v) is 4.49. The topological polar surface area (TPSA) is 136 Å². The third-order valence-electron chi connectivity index (χ3n) is 6.65. The number of amides is 1. The number of allylic oxidation sites excluding steroid dienone is 1. The Morgan fingerprint density at radius 1 is 1.08 bits per heavy atom. The number of halogens is 1.